The highest BCUT2D eigenvalue weighted by atomic mass is 35.5. The lowest BCUT2D eigenvalue weighted by atomic mass is 10.1. The number of aromatic carboxylic acids is 1. The number of hydrogen-bond donors (Lipinski definition) is 1. The molecule has 21 heavy (non-hydrogen) atoms. The van der Waals surface area contributed by atoms with Crippen LogP contribution in [0.15, 0.2) is 18.2 Å². The summed E-state index contributed by atoms with van der Waals surface area (Å²) >= 11 is 5.67. The van der Waals surface area contributed by atoms with E-state index in [1.165, 1.54) is 18.2 Å². The van der Waals surface area contributed by atoms with Crippen LogP contribution in [0.1, 0.15) is 28.0 Å². The van der Waals surface area contributed by atoms with Crippen molar-refractivity contribution >= 4 is 17.6 Å². The largest absolute Gasteiger partial charge is 0.477 e. The fraction of sp³-hybridized carbons (Fsp3) is 0.214. The number of carbonyl (C=O) groups is 1. The van der Waals surface area contributed by atoms with Gasteiger partial charge in [0, 0.05) is 0 Å². The zero-order valence-corrected chi connectivity index (χ0v) is 11.5. The number of aromatic nitrogens is 2. The van der Waals surface area contributed by atoms with Gasteiger partial charge in [-0.15, -0.1) is 5.10 Å². The molecule has 108 valence electrons. The van der Waals surface area contributed by atoms with E-state index in [2.05, 4.69) is 10.2 Å². The summed E-state index contributed by atoms with van der Waals surface area (Å²) < 4.78 is 19.1. The Balaban J connectivity index is 2.07. The van der Waals surface area contributed by atoms with E-state index in [4.69, 9.17) is 16.3 Å². The summed E-state index contributed by atoms with van der Waals surface area (Å²) in [5.41, 5.74) is 1.21. The number of aryl methyl sites for hydroxylation is 1. The van der Waals surface area contributed by atoms with Crippen LogP contribution in [0.4, 0.5) is 4.39 Å². The average molecular weight is 309 g/mol. The Kier molecular flexibility index (Phi) is 3.47. The molecule has 0 spiro atoms. The molecule has 1 aromatic carbocycles. The molecule has 0 unspecified atom stereocenters. The van der Waals surface area contributed by atoms with Crippen LogP contribution in [0.3, 0.4) is 0 Å². The quantitative estimate of drug-likeness (QED) is 0.942. The fourth-order valence-electron chi connectivity index (χ4n) is 2.35. The fourth-order valence-corrected chi connectivity index (χ4v) is 2.52. The zero-order chi connectivity index (χ0) is 15.0. The number of ether oxygens (including phenoxy) is 1. The first-order valence-electron chi connectivity index (χ1n) is 6.31. The van der Waals surface area contributed by atoms with Gasteiger partial charge in [0.2, 0.25) is 0 Å². The van der Waals surface area contributed by atoms with Crippen LogP contribution in [0.2, 0.25) is 5.02 Å². The summed E-state index contributed by atoms with van der Waals surface area (Å²) in [4.78, 5) is 11.5. The molecule has 1 aromatic heterocycles. The lowest BCUT2D eigenvalue weighted by Gasteiger charge is -2.11. The topological polar surface area (TPSA) is 72.3 Å². The number of hydrogen-bond acceptors (Lipinski definition) is 4. The number of halogens is 2. The summed E-state index contributed by atoms with van der Waals surface area (Å²) in [6, 6.07) is 4.22. The van der Waals surface area contributed by atoms with Crippen molar-refractivity contribution in [1.29, 1.82) is 0 Å². The second-order valence-electron chi connectivity index (χ2n) is 4.62. The van der Waals surface area contributed by atoms with Gasteiger partial charge in [-0.25, -0.2) is 9.18 Å². The summed E-state index contributed by atoms with van der Waals surface area (Å²) in [7, 11) is 0. The molecule has 3 rings (SSSR count). The second kappa shape index (κ2) is 5.29. The molecule has 1 aliphatic carbocycles. The highest BCUT2D eigenvalue weighted by molar-refractivity contribution is 6.30. The Hall–Kier alpha value is -2.21. The standard InChI is InChI=1S/C14H10ClFN2O3/c15-8-4-2-6-10(12(8)16)21-13-11(14(19)20)7-3-1-5-9(7)17-18-13/h2,4,6H,1,3,5H2,(H,19,20). The number of carboxylic acids is 1. The Morgan fingerprint density at radius 3 is 2.90 bits per heavy atom. The maximum absolute atomic E-state index is 13.8. The van der Waals surface area contributed by atoms with E-state index < -0.39 is 11.8 Å². The number of benzene rings is 1. The monoisotopic (exact) mass is 308 g/mol. The number of nitrogens with zero attached hydrogens (tertiary/aromatic N) is 2. The van der Waals surface area contributed by atoms with E-state index in [1.54, 1.807) is 0 Å². The van der Waals surface area contributed by atoms with Crippen LogP contribution in [0, 0.1) is 5.82 Å². The van der Waals surface area contributed by atoms with Gasteiger partial charge in [0.1, 0.15) is 5.56 Å². The van der Waals surface area contributed by atoms with Crippen molar-refractivity contribution in [3.63, 3.8) is 0 Å². The van der Waals surface area contributed by atoms with E-state index in [-0.39, 0.29) is 22.2 Å². The molecule has 0 atom stereocenters. The maximum Gasteiger partial charge on any atom is 0.341 e. The number of carboxylic acid groups (broad SMARTS) is 1. The first-order chi connectivity index (χ1) is 10.1. The third-order valence-corrected chi connectivity index (χ3v) is 3.59. The van der Waals surface area contributed by atoms with Crippen LogP contribution >= 0.6 is 11.6 Å². The third-order valence-electron chi connectivity index (χ3n) is 3.30. The molecule has 5 nitrogen and oxygen atoms in total. The van der Waals surface area contributed by atoms with Gasteiger partial charge in [-0.3, -0.25) is 0 Å². The molecule has 1 aliphatic rings. The SMILES string of the molecule is O=C(O)c1c(Oc2cccc(Cl)c2F)nnc2c1CCC2. The van der Waals surface area contributed by atoms with Crippen molar-refractivity contribution < 1.29 is 19.0 Å². The number of rotatable bonds is 3. The Morgan fingerprint density at radius 2 is 2.14 bits per heavy atom. The first-order valence-corrected chi connectivity index (χ1v) is 6.69. The molecule has 2 aromatic rings. The van der Waals surface area contributed by atoms with Crippen molar-refractivity contribution in [3.8, 4) is 11.6 Å². The molecule has 0 bridgehead atoms. The van der Waals surface area contributed by atoms with Gasteiger partial charge < -0.3 is 9.84 Å². The predicted molar refractivity (Wildman–Crippen MR) is 72.5 cm³/mol. The molecule has 0 saturated heterocycles. The maximum atomic E-state index is 13.8. The van der Waals surface area contributed by atoms with Crippen LogP contribution in [0.25, 0.3) is 0 Å². The van der Waals surface area contributed by atoms with Gasteiger partial charge in [-0.2, -0.15) is 5.10 Å². The van der Waals surface area contributed by atoms with E-state index >= 15 is 0 Å². The van der Waals surface area contributed by atoms with Crippen LogP contribution < -0.4 is 4.74 Å². The van der Waals surface area contributed by atoms with Crippen LogP contribution in [0.5, 0.6) is 11.6 Å². The minimum Gasteiger partial charge on any atom is -0.477 e. The summed E-state index contributed by atoms with van der Waals surface area (Å²) in [5, 5.41) is 17.0. The average Bonchev–Trinajstić information content (AvgIpc) is 2.91. The van der Waals surface area contributed by atoms with Gasteiger partial charge >= 0.3 is 5.97 Å². The molecule has 1 heterocycles. The zero-order valence-electron chi connectivity index (χ0n) is 10.8. The molecular weight excluding hydrogens is 299 g/mol. The second-order valence-corrected chi connectivity index (χ2v) is 5.03. The van der Waals surface area contributed by atoms with Crippen molar-refractivity contribution in [2.75, 3.05) is 0 Å². The van der Waals surface area contributed by atoms with Crippen LogP contribution in [-0.2, 0) is 12.8 Å². The van der Waals surface area contributed by atoms with E-state index in [0.29, 0.717) is 24.1 Å². The number of fused-ring (bicyclic) bond motifs is 1. The van der Waals surface area contributed by atoms with Gasteiger partial charge in [0.15, 0.2) is 11.6 Å². The molecular formula is C14H10ClFN2O3. The normalized spacial score (nSPS) is 13.0. The third kappa shape index (κ3) is 2.42. The molecule has 0 fully saturated rings. The summed E-state index contributed by atoms with van der Waals surface area (Å²) in [6.45, 7) is 0. The molecule has 0 aliphatic heterocycles. The first kappa shape index (κ1) is 13.8. The van der Waals surface area contributed by atoms with E-state index in [9.17, 15) is 14.3 Å². The molecule has 0 radical (unpaired) electrons. The van der Waals surface area contributed by atoms with Crippen molar-refractivity contribution in [3.05, 3.63) is 45.9 Å². The lowest BCUT2D eigenvalue weighted by molar-refractivity contribution is 0.0691. The van der Waals surface area contributed by atoms with Crippen molar-refractivity contribution in [1.82, 2.24) is 10.2 Å². The Bertz CT molecular complexity index is 736. The smallest absolute Gasteiger partial charge is 0.341 e. The molecule has 0 amide bonds. The van der Waals surface area contributed by atoms with Gasteiger partial charge in [0.05, 0.1) is 10.7 Å². The summed E-state index contributed by atoms with van der Waals surface area (Å²) in [6.07, 6.45) is 2.11. The van der Waals surface area contributed by atoms with Gasteiger partial charge in [-0.1, -0.05) is 17.7 Å². The van der Waals surface area contributed by atoms with Crippen molar-refractivity contribution in [2.24, 2.45) is 0 Å². The van der Waals surface area contributed by atoms with Gasteiger partial charge in [0.25, 0.3) is 5.88 Å². The molecule has 7 heteroatoms. The van der Waals surface area contributed by atoms with E-state index in [1.807, 2.05) is 0 Å². The van der Waals surface area contributed by atoms with Crippen molar-refractivity contribution in [2.45, 2.75) is 19.3 Å². The highest BCUT2D eigenvalue weighted by Gasteiger charge is 2.27. The van der Waals surface area contributed by atoms with Gasteiger partial charge in [-0.05, 0) is 37.0 Å². The van der Waals surface area contributed by atoms with Crippen LogP contribution in [-0.4, -0.2) is 21.3 Å². The minimum absolute atomic E-state index is 0.0584. The minimum atomic E-state index is -1.17. The Labute approximate surface area is 124 Å². The van der Waals surface area contributed by atoms with E-state index in [0.717, 1.165) is 6.42 Å². The summed E-state index contributed by atoms with van der Waals surface area (Å²) in [5.74, 6) is -2.33. The highest BCUT2D eigenvalue weighted by Crippen LogP contribution is 2.33. The molecule has 0 saturated carbocycles. The molecule has 1 N–H and O–H groups in total. The Morgan fingerprint density at radius 1 is 1.33 bits per heavy atom. The lowest BCUT2D eigenvalue weighted by Crippen LogP contribution is -2.09. The predicted octanol–water partition coefficient (Wildman–Crippen LogP) is 3.25.